The van der Waals surface area contributed by atoms with Crippen LogP contribution in [0.3, 0.4) is 0 Å². The number of nitrogens with zero attached hydrogens (tertiary/aromatic N) is 3. The maximum absolute atomic E-state index is 13.3. The van der Waals surface area contributed by atoms with E-state index >= 15 is 0 Å². The van der Waals surface area contributed by atoms with Crippen molar-refractivity contribution in [2.45, 2.75) is 32.2 Å². The van der Waals surface area contributed by atoms with Gasteiger partial charge in [-0.25, -0.2) is 4.79 Å². The van der Waals surface area contributed by atoms with Crippen LogP contribution in [0.25, 0.3) is 16.6 Å². The van der Waals surface area contributed by atoms with Gasteiger partial charge in [-0.2, -0.15) is 8.75 Å². The van der Waals surface area contributed by atoms with Gasteiger partial charge >= 0.3 is 5.97 Å². The second-order valence-electron chi connectivity index (χ2n) is 9.28. The molecule has 0 saturated carbocycles. The molecule has 184 valence electrons. The summed E-state index contributed by atoms with van der Waals surface area (Å²) in [6.07, 6.45) is 0.341. The third-order valence-electron chi connectivity index (χ3n) is 6.15. The van der Waals surface area contributed by atoms with E-state index in [2.05, 4.69) is 8.75 Å². The predicted molar refractivity (Wildman–Crippen MR) is 141 cm³/mol. The van der Waals surface area contributed by atoms with Crippen molar-refractivity contribution in [2.75, 3.05) is 19.0 Å². The predicted octanol–water partition coefficient (Wildman–Crippen LogP) is 4.94. The topological polar surface area (TPSA) is 84.8 Å². The van der Waals surface area contributed by atoms with Gasteiger partial charge < -0.3 is 19.5 Å². The highest BCUT2D eigenvalue weighted by Crippen LogP contribution is 2.45. The highest BCUT2D eigenvalue weighted by Gasteiger charge is 2.48. The second-order valence-corrected chi connectivity index (χ2v) is 9.81. The van der Waals surface area contributed by atoms with Gasteiger partial charge in [0.1, 0.15) is 16.8 Å². The van der Waals surface area contributed by atoms with Crippen LogP contribution in [0.2, 0.25) is 0 Å². The van der Waals surface area contributed by atoms with Crippen LogP contribution >= 0.6 is 11.7 Å². The van der Waals surface area contributed by atoms with Gasteiger partial charge in [-0.3, -0.25) is 0 Å². The standard InChI is InChI=1S/C28H27N3O4S/c1-17(2)34-22-12-8-20(9-13-22)28(33)23(15-18-5-10-21(11-6-18)31(3)4)26(27(32)35-28)19-7-14-24-25(16-19)30-36-29-24/h5-14,16-17,33H,15H2,1-4H3. The monoisotopic (exact) mass is 501 g/mol. The minimum atomic E-state index is -1.92. The van der Waals surface area contributed by atoms with Crippen molar-refractivity contribution in [3.05, 3.63) is 89.0 Å². The van der Waals surface area contributed by atoms with Crippen LogP contribution in [0.5, 0.6) is 5.75 Å². The Morgan fingerprint density at radius 2 is 1.69 bits per heavy atom. The molecular formula is C28H27N3O4S. The van der Waals surface area contributed by atoms with Gasteiger partial charge in [0.05, 0.1) is 23.4 Å². The number of benzene rings is 3. The summed E-state index contributed by atoms with van der Waals surface area (Å²) in [5.41, 5.74) is 5.36. The summed E-state index contributed by atoms with van der Waals surface area (Å²) >= 11 is 1.12. The number of carbonyl (C=O) groups is 1. The first-order chi connectivity index (χ1) is 17.2. The van der Waals surface area contributed by atoms with E-state index in [1.165, 1.54) is 0 Å². The third-order valence-corrected chi connectivity index (χ3v) is 6.71. The summed E-state index contributed by atoms with van der Waals surface area (Å²) in [4.78, 5) is 15.3. The number of ether oxygens (including phenoxy) is 2. The van der Waals surface area contributed by atoms with Crippen LogP contribution in [-0.2, 0) is 21.7 Å². The molecule has 3 aromatic carbocycles. The molecule has 36 heavy (non-hydrogen) atoms. The van der Waals surface area contributed by atoms with Gasteiger partial charge in [0.15, 0.2) is 0 Å². The second kappa shape index (κ2) is 9.37. The van der Waals surface area contributed by atoms with E-state index in [4.69, 9.17) is 9.47 Å². The quantitative estimate of drug-likeness (QED) is 0.359. The largest absolute Gasteiger partial charge is 0.491 e. The fraction of sp³-hybridized carbons (Fsp3) is 0.250. The molecule has 0 spiro atoms. The lowest BCUT2D eigenvalue weighted by Crippen LogP contribution is -2.29. The summed E-state index contributed by atoms with van der Waals surface area (Å²) in [5, 5.41) is 11.9. The van der Waals surface area contributed by atoms with Crippen LogP contribution in [-0.4, -0.2) is 40.0 Å². The first-order valence-corrected chi connectivity index (χ1v) is 12.4. The normalized spacial score (nSPS) is 17.7. The summed E-state index contributed by atoms with van der Waals surface area (Å²) in [7, 11) is 3.96. The smallest absolute Gasteiger partial charge is 0.342 e. The molecular weight excluding hydrogens is 474 g/mol. The molecule has 0 bridgehead atoms. The fourth-order valence-corrected chi connectivity index (χ4v) is 4.88. The molecule has 1 N–H and O–H groups in total. The van der Waals surface area contributed by atoms with E-state index in [9.17, 15) is 9.90 Å². The van der Waals surface area contributed by atoms with Crippen molar-refractivity contribution >= 4 is 40.0 Å². The Hall–Kier alpha value is -3.75. The number of fused-ring (bicyclic) bond motifs is 1. The molecule has 1 aliphatic heterocycles. The fourth-order valence-electron chi connectivity index (χ4n) is 4.36. The number of esters is 1. The summed E-state index contributed by atoms with van der Waals surface area (Å²) in [5.74, 6) is -1.83. The number of aliphatic hydroxyl groups is 1. The maximum atomic E-state index is 13.3. The zero-order valence-electron chi connectivity index (χ0n) is 20.6. The van der Waals surface area contributed by atoms with Crippen molar-refractivity contribution in [1.82, 2.24) is 8.75 Å². The Balaban J connectivity index is 1.62. The van der Waals surface area contributed by atoms with Crippen LogP contribution in [0.4, 0.5) is 5.69 Å². The van der Waals surface area contributed by atoms with Crippen LogP contribution in [0.15, 0.2) is 72.3 Å². The van der Waals surface area contributed by atoms with Crippen LogP contribution in [0, 0.1) is 0 Å². The highest BCUT2D eigenvalue weighted by molar-refractivity contribution is 7.00. The molecule has 0 radical (unpaired) electrons. The van der Waals surface area contributed by atoms with Gasteiger partial charge in [0.2, 0.25) is 0 Å². The molecule has 0 saturated heterocycles. The Morgan fingerprint density at radius 3 is 2.36 bits per heavy atom. The van der Waals surface area contributed by atoms with E-state index < -0.39 is 11.8 Å². The average molecular weight is 502 g/mol. The molecule has 4 aromatic rings. The molecule has 1 unspecified atom stereocenters. The van der Waals surface area contributed by atoms with E-state index in [-0.39, 0.29) is 6.10 Å². The van der Waals surface area contributed by atoms with Gasteiger partial charge in [0.25, 0.3) is 5.79 Å². The minimum Gasteiger partial charge on any atom is -0.491 e. The molecule has 2 heterocycles. The molecule has 1 atom stereocenters. The van der Waals surface area contributed by atoms with Crippen LogP contribution in [0.1, 0.15) is 30.5 Å². The number of hydrogen-bond acceptors (Lipinski definition) is 8. The maximum Gasteiger partial charge on any atom is 0.342 e. The molecule has 5 rings (SSSR count). The van der Waals surface area contributed by atoms with E-state index in [1.54, 1.807) is 24.3 Å². The molecule has 1 aromatic heterocycles. The van der Waals surface area contributed by atoms with Gasteiger partial charge in [-0.05, 0) is 73.5 Å². The minimum absolute atomic E-state index is 0.0190. The van der Waals surface area contributed by atoms with Crippen molar-refractivity contribution in [2.24, 2.45) is 0 Å². The summed E-state index contributed by atoms with van der Waals surface area (Å²) in [6.45, 7) is 3.90. The Bertz CT molecular complexity index is 1440. The number of rotatable bonds is 7. The van der Waals surface area contributed by atoms with Crippen LogP contribution < -0.4 is 9.64 Å². The van der Waals surface area contributed by atoms with Crippen molar-refractivity contribution in [1.29, 1.82) is 0 Å². The van der Waals surface area contributed by atoms with Gasteiger partial charge in [-0.1, -0.05) is 18.2 Å². The lowest BCUT2D eigenvalue weighted by atomic mass is 9.88. The summed E-state index contributed by atoms with van der Waals surface area (Å²) in [6, 6.07) is 20.5. The van der Waals surface area contributed by atoms with Crippen molar-refractivity contribution in [3.63, 3.8) is 0 Å². The Kier molecular flexibility index (Phi) is 6.24. The summed E-state index contributed by atoms with van der Waals surface area (Å²) < 4.78 is 20.0. The third kappa shape index (κ3) is 4.45. The molecule has 0 fully saturated rings. The number of aromatic nitrogens is 2. The van der Waals surface area contributed by atoms with E-state index in [0.29, 0.717) is 40.0 Å². The molecule has 1 aliphatic rings. The first-order valence-electron chi connectivity index (χ1n) is 11.7. The molecule has 0 aliphatic carbocycles. The first kappa shape index (κ1) is 24.0. The zero-order valence-corrected chi connectivity index (χ0v) is 21.4. The number of carbonyl (C=O) groups excluding carboxylic acids is 1. The molecule has 0 amide bonds. The van der Waals surface area contributed by atoms with Crippen molar-refractivity contribution in [3.8, 4) is 5.75 Å². The molecule has 8 heteroatoms. The van der Waals surface area contributed by atoms with E-state index in [0.717, 1.165) is 28.5 Å². The molecule has 7 nitrogen and oxygen atoms in total. The lowest BCUT2D eigenvalue weighted by Gasteiger charge is -2.26. The van der Waals surface area contributed by atoms with Crippen molar-refractivity contribution < 1.29 is 19.4 Å². The number of cyclic esters (lactones) is 1. The van der Waals surface area contributed by atoms with Gasteiger partial charge in [0, 0.05) is 37.3 Å². The Morgan fingerprint density at radius 1 is 1.00 bits per heavy atom. The Labute approximate surface area is 213 Å². The lowest BCUT2D eigenvalue weighted by molar-refractivity contribution is -0.185. The number of anilines is 1. The zero-order chi connectivity index (χ0) is 25.4. The van der Waals surface area contributed by atoms with Gasteiger partial charge in [-0.15, -0.1) is 0 Å². The van der Waals surface area contributed by atoms with E-state index in [1.807, 2.05) is 75.3 Å². The SMILES string of the molecule is CC(C)Oc1ccc(C2(O)OC(=O)C(c3ccc4nsnc4c3)=C2Cc2ccc(N(C)C)cc2)cc1. The number of hydrogen-bond donors (Lipinski definition) is 1. The average Bonchev–Trinajstić information content (AvgIpc) is 3.41. The highest BCUT2D eigenvalue weighted by atomic mass is 32.1.